The molecule has 3 heterocycles. The van der Waals surface area contributed by atoms with Crippen LogP contribution in [0.4, 0.5) is 0 Å². The number of nitrogens with zero attached hydrogens (tertiary/aromatic N) is 4. The van der Waals surface area contributed by atoms with E-state index < -0.39 is 0 Å². The molecule has 0 N–H and O–H groups in total. The van der Waals surface area contributed by atoms with Crippen LogP contribution in [0.5, 0.6) is 0 Å². The summed E-state index contributed by atoms with van der Waals surface area (Å²) in [6.45, 7) is 9.74. The van der Waals surface area contributed by atoms with E-state index in [1.807, 2.05) is 11.8 Å². The molecule has 2 saturated heterocycles. The third kappa shape index (κ3) is 5.56. The minimum absolute atomic E-state index is 0.0264. The van der Waals surface area contributed by atoms with Gasteiger partial charge in [-0.15, -0.1) is 0 Å². The van der Waals surface area contributed by atoms with Gasteiger partial charge in [0.15, 0.2) is 0 Å². The minimum atomic E-state index is 0.0264. The molecule has 1 atom stereocenters. The first-order valence-electron chi connectivity index (χ1n) is 11.1. The molecule has 6 nitrogen and oxygen atoms in total. The van der Waals surface area contributed by atoms with Crippen molar-refractivity contribution in [3.05, 3.63) is 57.9 Å². The number of amides is 1. The van der Waals surface area contributed by atoms with E-state index in [1.54, 1.807) is 16.8 Å². The van der Waals surface area contributed by atoms with Crippen molar-refractivity contribution in [3.8, 4) is 0 Å². The first-order chi connectivity index (χ1) is 15.0. The number of rotatable bonds is 6. The average Bonchev–Trinajstić information content (AvgIpc) is 3.37. The topological polar surface area (TPSA) is 50.6 Å². The highest BCUT2D eigenvalue weighted by molar-refractivity contribution is 6.31. The monoisotopic (exact) mass is 442 g/mol. The lowest BCUT2D eigenvalue weighted by atomic mass is 10.1. The van der Waals surface area contributed by atoms with Crippen molar-refractivity contribution in [2.24, 2.45) is 0 Å². The van der Waals surface area contributed by atoms with Gasteiger partial charge in [0.2, 0.25) is 5.91 Å². The highest BCUT2D eigenvalue weighted by atomic mass is 35.5. The Labute approximate surface area is 189 Å². The van der Waals surface area contributed by atoms with Gasteiger partial charge >= 0.3 is 0 Å². The summed E-state index contributed by atoms with van der Waals surface area (Å²) >= 11 is 6.59. The largest absolute Gasteiger partial charge is 0.377 e. The Balaban J connectivity index is 1.33. The van der Waals surface area contributed by atoms with Gasteiger partial charge in [-0.05, 0) is 38.3 Å². The quantitative estimate of drug-likeness (QED) is 0.642. The second-order valence-electron chi connectivity index (χ2n) is 8.53. The zero-order valence-electron chi connectivity index (χ0n) is 18.4. The van der Waals surface area contributed by atoms with Crippen molar-refractivity contribution in [2.75, 3.05) is 39.3 Å². The van der Waals surface area contributed by atoms with Crippen LogP contribution in [0.2, 0.25) is 5.15 Å². The normalized spacial score (nSPS) is 20.1. The molecule has 0 saturated carbocycles. The molecule has 0 bridgehead atoms. The number of halogens is 1. The van der Waals surface area contributed by atoms with E-state index >= 15 is 0 Å². The molecule has 0 spiro atoms. The molecule has 2 aromatic rings. The number of hydrogen-bond donors (Lipinski definition) is 0. The van der Waals surface area contributed by atoms with E-state index in [1.165, 1.54) is 5.56 Å². The van der Waals surface area contributed by atoms with Crippen LogP contribution in [-0.4, -0.2) is 70.9 Å². The standard InChI is InChI=1S/C24H31ClN4O2/c1-18-5-7-20(8-6-18)16-29-24(25)22(19(2)26-29)9-10-23(30)28-13-11-27(12-14-28)17-21-4-3-15-31-21/h5-10,21H,3-4,11-17H2,1-2H3. The Morgan fingerprint density at radius 1 is 1.19 bits per heavy atom. The van der Waals surface area contributed by atoms with Gasteiger partial charge in [0.1, 0.15) is 5.15 Å². The summed E-state index contributed by atoms with van der Waals surface area (Å²) in [7, 11) is 0. The highest BCUT2D eigenvalue weighted by Gasteiger charge is 2.24. The predicted molar refractivity (Wildman–Crippen MR) is 123 cm³/mol. The molecule has 0 radical (unpaired) electrons. The van der Waals surface area contributed by atoms with Crippen LogP contribution >= 0.6 is 11.6 Å². The molecule has 31 heavy (non-hydrogen) atoms. The van der Waals surface area contributed by atoms with Crippen molar-refractivity contribution in [1.29, 1.82) is 0 Å². The summed E-state index contributed by atoms with van der Waals surface area (Å²) in [4.78, 5) is 17.0. The van der Waals surface area contributed by atoms with Crippen molar-refractivity contribution >= 4 is 23.6 Å². The van der Waals surface area contributed by atoms with Crippen molar-refractivity contribution < 1.29 is 9.53 Å². The number of carbonyl (C=O) groups excluding carboxylic acids is 1. The number of benzene rings is 1. The molecule has 1 amide bonds. The van der Waals surface area contributed by atoms with E-state index in [0.717, 1.165) is 69.0 Å². The first kappa shape index (κ1) is 22.1. The summed E-state index contributed by atoms with van der Waals surface area (Å²) in [5.41, 5.74) is 3.99. The molecule has 2 aliphatic rings. The minimum Gasteiger partial charge on any atom is -0.377 e. The van der Waals surface area contributed by atoms with Gasteiger partial charge in [0, 0.05) is 51.0 Å². The van der Waals surface area contributed by atoms with Crippen LogP contribution in [-0.2, 0) is 16.1 Å². The number of hydrogen-bond acceptors (Lipinski definition) is 4. The maximum Gasteiger partial charge on any atom is 0.246 e. The van der Waals surface area contributed by atoms with E-state index in [0.29, 0.717) is 17.8 Å². The fraction of sp³-hybridized carbons (Fsp3) is 0.500. The average molecular weight is 443 g/mol. The van der Waals surface area contributed by atoms with Crippen LogP contribution in [0.3, 0.4) is 0 Å². The predicted octanol–water partition coefficient (Wildman–Crippen LogP) is 3.54. The summed E-state index contributed by atoms with van der Waals surface area (Å²) < 4.78 is 7.52. The van der Waals surface area contributed by atoms with Gasteiger partial charge in [0.05, 0.1) is 18.3 Å². The molecule has 1 aromatic carbocycles. The zero-order valence-corrected chi connectivity index (χ0v) is 19.1. The lowest BCUT2D eigenvalue weighted by Crippen LogP contribution is -2.50. The number of ether oxygens (including phenoxy) is 1. The molecule has 4 rings (SSSR count). The maximum atomic E-state index is 12.7. The van der Waals surface area contributed by atoms with Gasteiger partial charge in [-0.2, -0.15) is 5.10 Å². The molecule has 166 valence electrons. The fourth-order valence-electron chi connectivity index (χ4n) is 4.21. The van der Waals surface area contributed by atoms with Crippen LogP contribution in [0, 0.1) is 13.8 Å². The number of aromatic nitrogens is 2. The van der Waals surface area contributed by atoms with E-state index in [-0.39, 0.29) is 5.91 Å². The van der Waals surface area contributed by atoms with Crippen LogP contribution in [0.25, 0.3) is 6.08 Å². The third-order valence-electron chi connectivity index (χ3n) is 6.12. The number of piperazine rings is 1. The van der Waals surface area contributed by atoms with Gasteiger partial charge < -0.3 is 9.64 Å². The smallest absolute Gasteiger partial charge is 0.246 e. The van der Waals surface area contributed by atoms with Crippen LogP contribution in [0.1, 0.15) is 35.2 Å². The van der Waals surface area contributed by atoms with Gasteiger partial charge in [-0.1, -0.05) is 41.4 Å². The molecule has 2 fully saturated rings. The molecule has 7 heteroatoms. The van der Waals surface area contributed by atoms with E-state index in [2.05, 4.69) is 41.2 Å². The lowest BCUT2D eigenvalue weighted by Gasteiger charge is -2.35. The Bertz CT molecular complexity index is 924. The van der Waals surface area contributed by atoms with Crippen molar-refractivity contribution in [3.63, 3.8) is 0 Å². The van der Waals surface area contributed by atoms with Gasteiger partial charge in [0.25, 0.3) is 0 Å². The van der Waals surface area contributed by atoms with E-state index in [4.69, 9.17) is 16.3 Å². The van der Waals surface area contributed by atoms with Crippen molar-refractivity contribution in [1.82, 2.24) is 19.6 Å². The molecular formula is C24H31ClN4O2. The lowest BCUT2D eigenvalue weighted by molar-refractivity contribution is -0.127. The van der Waals surface area contributed by atoms with Gasteiger partial charge in [-0.25, -0.2) is 4.68 Å². The van der Waals surface area contributed by atoms with Crippen LogP contribution < -0.4 is 0 Å². The summed E-state index contributed by atoms with van der Waals surface area (Å²) in [6.07, 6.45) is 6.11. The van der Waals surface area contributed by atoms with Crippen molar-refractivity contribution in [2.45, 2.75) is 39.3 Å². The second kappa shape index (κ2) is 9.98. The second-order valence-corrected chi connectivity index (χ2v) is 8.89. The molecule has 1 aromatic heterocycles. The van der Waals surface area contributed by atoms with E-state index in [9.17, 15) is 4.79 Å². The Morgan fingerprint density at radius 3 is 2.61 bits per heavy atom. The fourth-order valence-corrected chi connectivity index (χ4v) is 4.51. The molecular weight excluding hydrogens is 412 g/mol. The summed E-state index contributed by atoms with van der Waals surface area (Å²) in [5.74, 6) is 0.0264. The van der Waals surface area contributed by atoms with Crippen LogP contribution in [0.15, 0.2) is 30.3 Å². The maximum absolute atomic E-state index is 12.7. The Morgan fingerprint density at radius 2 is 1.94 bits per heavy atom. The SMILES string of the molecule is Cc1ccc(Cn2nc(C)c(C=CC(=O)N3CCN(CC4CCCO4)CC3)c2Cl)cc1. The number of aryl methyl sites for hydroxylation is 2. The summed E-state index contributed by atoms with van der Waals surface area (Å²) in [5, 5.41) is 5.13. The molecule has 2 aliphatic heterocycles. The third-order valence-corrected chi connectivity index (χ3v) is 6.52. The first-order valence-corrected chi connectivity index (χ1v) is 11.5. The highest BCUT2D eigenvalue weighted by Crippen LogP contribution is 2.23. The Hall–Kier alpha value is -2.15. The molecule has 0 aliphatic carbocycles. The zero-order chi connectivity index (χ0) is 21.8. The number of carbonyl (C=O) groups is 1. The Kier molecular flexibility index (Phi) is 7.10. The molecule has 1 unspecified atom stereocenters. The van der Waals surface area contributed by atoms with Gasteiger partial charge in [-0.3, -0.25) is 9.69 Å². The summed E-state index contributed by atoms with van der Waals surface area (Å²) in [6, 6.07) is 8.33.